The Morgan fingerprint density at radius 3 is 2.47 bits per heavy atom. The van der Waals surface area contributed by atoms with Crippen LogP contribution in [0.3, 0.4) is 0 Å². The first-order chi connectivity index (χ1) is 8.53. The molecule has 5 nitrogen and oxygen atoms in total. The molecule has 0 N–H and O–H groups in total. The largest absolute Gasteiger partial charge is 0.345 e. The quantitative estimate of drug-likeness (QED) is 0.776. The predicted molar refractivity (Wildman–Crippen MR) is 65.6 cm³/mol. The summed E-state index contributed by atoms with van der Waals surface area (Å²) in [4.78, 5) is 13.2. The van der Waals surface area contributed by atoms with Crippen molar-refractivity contribution in [3.8, 4) is 0 Å². The predicted octanol–water partition coefficient (Wildman–Crippen LogP) is 0.897. The number of alkyl halides is 2. The van der Waals surface area contributed by atoms with Gasteiger partial charge in [0.15, 0.2) is 9.84 Å². The molecule has 1 fully saturated rings. The number of carbonyl (C=O) groups excluding carboxylic acids is 1. The molecule has 1 atom stereocenters. The van der Waals surface area contributed by atoms with Gasteiger partial charge in [0.1, 0.15) is 6.61 Å². The van der Waals surface area contributed by atoms with Crippen molar-refractivity contribution < 1.29 is 26.7 Å². The summed E-state index contributed by atoms with van der Waals surface area (Å²) in [6.45, 7) is 1.72. The SMILES string of the molecule is CC(C)(C)C1CS(=O)(=O)CCN1C(=O)COC(F)F. The molecule has 0 saturated carbocycles. The Kier molecular flexibility index (Phi) is 4.89. The fraction of sp³-hybridized carbons (Fsp3) is 0.909. The highest BCUT2D eigenvalue weighted by molar-refractivity contribution is 7.91. The molecule has 1 unspecified atom stereocenters. The molecule has 0 aromatic rings. The van der Waals surface area contributed by atoms with Gasteiger partial charge in [0.2, 0.25) is 5.91 Å². The third-order valence-electron chi connectivity index (χ3n) is 3.08. The molecular weight excluding hydrogens is 280 g/mol. The minimum absolute atomic E-state index is 0.0235. The molecule has 112 valence electrons. The van der Waals surface area contributed by atoms with E-state index in [-0.39, 0.29) is 18.1 Å². The molecule has 1 aliphatic rings. The molecule has 0 aliphatic carbocycles. The topological polar surface area (TPSA) is 63.7 Å². The number of hydrogen-bond donors (Lipinski definition) is 0. The zero-order valence-electron chi connectivity index (χ0n) is 11.2. The molecule has 0 aromatic heterocycles. The summed E-state index contributed by atoms with van der Waals surface area (Å²) in [6, 6.07) is -0.528. The van der Waals surface area contributed by atoms with Gasteiger partial charge in [-0.25, -0.2) is 8.42 Å². The van der Waals surface area contributed by atoms with Crippen LogP contribution in [-0.2, 0) is 19.4 Å². The molecule has 0 spiro atoms. The van der Waals surface area contributed by atoms with E-state index in [0.717, 1.165) is 0 Å². The first-order valence-electron chi connectivity index (χ1n) is 5.92. The maximum absolute atomic E-state index is 11.9. The van der Waals surface area contributed by atoms with Crippen molar-refractivity contribution in [1.82, 2.24) is 4.90 Å². The van der Waals surface area contributed by atoms with E-state index in [4.69, 9.17) is 0 Å². The minimum Gasteiger partial charge on any atom is -0.335 e. The Bertz CT molecular complexity index is 430. The van der Waals surface area contributed by atoms with Gasteiger partial charge in [-0.3, -0.25) is 4.79 Å². The van der Waals surface area contributed by atoms with Crippen LogP contribution < -0.4 is 0 Å². The minimum atomic E-state index is -3.20. The van der Waals surface area contributed by atoms with Gasteiger partial charge < -0.3 is 9.64 Å². The molecule has 0 bridgehead atoms. The van der Waals surface area contributed by atoms with Gasteiger partial charge in [-0.15, -0.1) is 0 Å². The zero-order chi connectivity index (χ0) is 14.8. The van der Waals surface area contributed by atoms with Crippen molar-refractivity contribution in [1.29, 1.82) is 0 Å². The van der Waals surface area contributed by atoms with Crippen molar-refractivity contribution in [3.05, 3.63) is 0 Å². The molecule has 8 heteroatoms. The van der Waals surface area contributed by atoms with Crippen LogP contribution in [0.4, 0.5) is 8.78 Å². The number of carbonyl (C=O) groups is 1. The van der Waals surface area contributed by atoms with Crippen LogP contribution >= 0.6 is 0 Å². The number of hydrogen-bond acceptors (Lipinski definition) is 4. The van der Waals surface area contributed by atoms with Gasteiger partial charge in [0.25, 0.3) is 0 Å². The molecule has 1 aliphatic heterocycles. The Morgan fingerprint density at radius 2 is 2.00 bits per heavy atom. The van der Waals surface area contributed by atoms with Crippen LogP contribution in [-0.4, -0.2) is 56.5 Å². The second-order valence-corrected chi connectivity index (χ2v) is 7.88. The summed E-state index contributed by atoms with van der Waals surface area (Å²) >= 11 is 0. The lowest BCUT2D eigenvalue weighted by atomic mass is 9.86. The Labute approximate surface area is 111 Å². The first kappa shape index (κ1) is 16.3. The van der Waals surface area contributed by atoms with Crippen molar-refractivity contribution in [2.24, 2.45) is 5.41 Å². The van der Waals surface area contributed by atoms with Crippen LogP contribution in [0, 0.1) is 5.41 Å². The molecule has 19 heavy (non-hydrogen) atoms. The second kappa shape index (κ2) is 5.70. The normalized spacial score (nSPS) is 23.7. The number of ether oxygens (including phenoxy) is 1. The van der Waals surface area contributed by atoms with Gasteiger partial charge >= 0.3 is 6.61 Å². The number of halogens is 2. The van der Waals surface area contributed by atoms with E-state index in [1.54, 1.807) is 0 Å². The Morgan fingerprint density at radius 1 is 1.42 bits per heavy atom. The summed E-state index contributed by atoms with van der Waals surface area (Å²) in [7, 11) is -3.20. The average molecular weight is 299 g/mol. The number of amides is 1. The van der Waals surface area contributed by atoms with Crippen molar-refractivity contribution in [2.45, 2.75) is 33.4 Å². The van der Waals surface area contributed by atoms with Gasteiger partial charge in [-0.1, -0.05) is 20.8 Å². The van der Waals surface area contributed by atoms with E-state index < -0.39 is 40.4 Å². The van der Waals surface area contributed by atoms with E-state index in [2.05, 4.69) is 4.74 Å². The molecule has 1 heterocycles. The lowest BCUT2D eigenvalue weighted by molar-refractivity contribution is -0.162. The third-order valence-corrected chi connectivity index (χ3v) is 4.71. The van der Waals surface area contributed by atoms with E-state index >= 15 is 0 Å². The zero-order valence-corrected chi connectivity index (χ0v) is 12.0. The van der Waals surface area contributed by atoms with Crippen LogP contribution in [0.5, 0.6) is 0 Å². The Hall–Kier alpha value is -0.760. The molecule has 1 saturated heterocycles. The Balaban J connectivity index is 2.83. The highest BCUT2D eigenvalue weighted by Crippen LogP contribution is 2.28. The fourth-order valence-corrected chi connectivity index (χ4v) is 3.84. The second-order valence-electron chi connectivity index (χ2n) is 5.65. The summed E-state index contributed by atoms with van der Waals surface area (Å²) in [6.07, 6.45) is 0. The monoisotopic (exact) mass is 299 g/mol. The highest BCUT2D eigenvalue weighted by atomic mass is 32.2. The maximum atomic E-state index is 11.9. The highest BCUT2D eigenvalue weighted by Gasteiger charge is 2.40. The van der Waals surface area contributed by atoms with Crippen LogP contribution in [0.15, 0.2) is 0 Å². The fourth-order valence-electron chi connectivity index (χ4n) is 2.04. The molecule has 0 aromatic carbocycles. The summed E-state index contributed by atoms with van der Waals surface area (Å²) in [5, 5.41) is 0. The van der Waals surface area contributed by atoms with Gasteiger partial charge in [0.05, 0.1) is 17.5 Å². The van der Waals surface area contributed by atoms with Crippen molar-refractivity contribution in [2.75, 3.05) is 24.7 Å². The lowest BCUT2D eigenvalue weighted by Crippen LogP contribution is -2.57. The standard InChI is InChI=1S/C11H19F2NO4S/c1-11(2,3)8-7-19(16,17)5-4-14(8)9(15)6-18-10(12)13/h8,10H,4-7H2,1-3H3. The molecular formula is C11H19F2NO4S. The summed E-state index contributed by atoms with van der Waals surface area (Å²) in [5.41, 5.74) is -0.450. The van der Waals surface area contributed by atoms with E-state index in [9.17, 15) is 22.0 Å². The third kappa shape index (κ3) is 4.68. The average Bonchev–Trinajstić information content (AvgIpc) is 2.23. The van der Waals surface area contributed by atoms with E-state index in [1.165, 1.54) is 4.90 Å². The summed E-state index contributed by atoms with van der Waals surface area (Å²) in [5.74, 6) is -0.883. The van der Waals surface area contributed by atoms with E-state index in [1.807, 2.05) is 20.8 Å². The number of sulfone groups is 1. The smallest absolute Gasteiger partial charge is 0.335 e. The number of rotatable bonds is 3. The van der Waals surface area contributed by atoms with Gasteiger partial charge in [0, 0.05) is 6.54 Å². The summed E-state index contributed by atoms with van der Waals surface area (Å²) < 4.78 is 51.2. The van der Waals surface area contributed by atoms with Gasteiger partial charge in [-0.2, -0.15) is 8.78 Å². The van der Waals surface area contributed by atoms with Crippen molar-refractivity contribution in [3.63, 3.8) is 0 Å². The first-order valence-corrected chi connectivity index (χ1v) is 7.75. The molecule has 0 radical (unpaired) electrons. The molecule has 1 rings (SSSR count). The van der Waals surface area contributed by atoms with Crippen LogP contribution in [0.25, 0.3) is 0 Å². The lowest BCUT2D eigenvalue weighted by Gasteiger charge is -2.42. The van der Waals surface area contributed by atoms with Gasteiger partial charge in [-0.05, 0) is 5.41 Å². The number of nitrogens with zero attached hydrogens (tertiary/aromatic N) is 1. The molecule has 1 amide bonds. The van der Waals surface area contributed by atoms with Crippen molar-refractivity contribution >= 4 is 15.7 Å². The van der Waals surface area contributed by atoms with Crippen LogP contribution in [0.2, 0.25) is 0 Å². The maximum Gasteiger partial charge on any atom is 0.345 e. The van der Waals surface area contributed by atoms with Crippen LogP contribution in [0.1, 0.15) is 20.8 Å². The van der Waals surface area contributed by atoms with E-state index in [0.29, 0.717) is 0 Å².